The number of alkyl halides is 3. The number of hydrogen-bond acceptors (Lipinski definition) is 1. The van der Waals surface area contributed by atoms with Gasteiger partial charge < -0.3 is 5.32 Å². The number of hydrogen-bond donors (Lipinski definition) is 1. The quantitative estimate of drug-likeness (QED) is 0.604. The highest BCUT2D eigenvalue weighted by Crippen LogP contribution is 2.22. The van der Waals surface area contributed by atoms with E-state index in [1.165, 1.54) is 12.1 Å². The van der Waals surface area contributed by atoms with Crippen LogP contribution in [0.3, 0.4) is 0 Å². The van der Waals surface area contributed by atoms with Crippen LogP contribution in [0.2, 0.25) is 0 Å². The molecule has 6 heteroatoms. The van der Waals surface area contributed by atoms with E-state index in [-0.39, 0.29) is 12.5 Å². The minimum atomic E-state index is -4.13. The van der Waals surface area contributed by atoms with Gasteiger partial charge in [-0.1, -0.05) is 0 Å². The molecular formula is C13H16F5N. The molecule has 1 aromatic rings. The summed E-state index contributed by atoms with van der Waals surface area (Å²) < 4.78 is 61.6. The Morgan fingerprint density at radius 1 is 1.05 bits per heavy atom. The van der Waals surface area contributed by atoms with Crippen molar-refractivity contribution in [2.45, 2.75) is 38.4 Å². The average Bonchev–Trinajstić information content (AvgIpc) is 2.25. The molecule has 0 saturated heterocycles. The predicted octanol–water partition coefficient (Wildman–Crippen LogP) is 4.35. The molecule has 1 rings (SSSR count). The molecular weight excluding hydrogens is 265 g/mol. The molecule has 0 aromatic heterocycles. The molecule has 0 aliphatic carbocycles. The number of rotatable bonds is 6. The van der Waals surface area contributed by atoms with Gasteiger partial charge in [-0.3, -0.25) is 0 Å². The molecule has 0 aliphatic heterocycles. The lowest BCUT2D eigenvalue weighted by Crippen LogP contribution is -2.20. The van der Waals surface area contributed by atoms with Gasteiger partial charge in [-0.25, -0.2) is 8.78 Å². The van der Waals surface area contributed by atoms with Gasteiger partial charge in [0.1, 0.15) is 11.6 Å². The molecule has 0 amide bonds. The number of benzene rings is 1. The fraction of sp³-hybridized carbons (Fsp3) is 0.538. The van der Waals surface area contributed by atoms with Crippen molar-refractivity contribution in [3.8, 4) is 0 Å². The van der Waals surface area contributed by atoms with Gasteiger partial charge >= 0.3 is 6.18 Å². The minimum absolute atomic E-state index is 0.0424. The first-order valence-corrected chi connectivity index (χ1v) is 6.04. The van der Waals surface area contributed by atoms with Crippen molar-refractivity contribution in [3.05, 3.63) is 35.4 Å². The van der Waals surface area contributed by atoms with Gasteiger partial charge in [0.25, 0.3) is 0 Å². The van der Waals surface area contributed by atoms with E-state index in [1.54, 1.807) is 6.92 Å². The summed E-state index contributed by atoms with van der Waals surface area (Å²) in [5, 5.41) is 2.94. The van der Waals surface area contributed by atoms with Crippen LogP contribution in [0, 0.1) is 11.6 Å². The molecule has 0 radical (unpaired) electrons. The van der Waals surface area contributed by atoms with Gasteiger partial charge in [-0.2, -0.15) is 13.2 Å². The molecule has 0 spiro atoms. The third-order valence-electron chi connectivity index (χ3n) is 2.72. The van der Waals surface area contributed by atoms with E-state index < -0.39 is 24.2 Å². The van der Waals surface area contributed by atoms with Crippen LogP contribution in [-0.4, -0.2) is 12.7 Å². The van der Waals surface area contributed by atoms with Gasteiger partial charge in [0.15, 0.2) is 0 Å². The Bertz CT molecular complexity index is 382. The largest absolute Gasteiger partial charge is 0.389 e. The van der Waals surface area contributed by atoms with Crippen molar-refractivity contribution >= 4 is 0 Å². The number of halogens is 5. The molecule has 0 saturated carbocycles. The Morgan fingerprint density at radius 3 is 2.16 bits per heavy atom. The zero-order chi connectivity index (χ0) is 14.5. The van der Waals surface area contributed by atoms with Crippen molar-refractivity contribution in [3.63, 3.8) is 0 Å². The second-order valence-corrected chi connectivity index (χ2v) is 4.45. The zero-order valence-electron chi connectivity index (χ0n) is 10.5. The first-order valence-electron chi connectivity index (χ1n) is 6.04. The Morgan fingerprint density at radius 2 is 1.63 bits per heavy atom. The van der Waals surface area contributed by atoms with Gasteiger partial charge in [0, 0.05) is 18.5 Å². The average molecular weight is 281 g/mol. The summed E-state index contributed by atoms with van der Waals surface area (Å²) in [5.41, 5.74) is 0.438. The third-order valence-corrected chi connectivity index (χ3v) is 2.72. The number of unbranched alkanes of at least 4 members (excludes halogenated alkanes) is 1. The lowest BCUT2D eigenvalue weighted by Gasteiger charge is -2.14. The van der Waals surface area contributed by atoms with E-state index in [0.717, 1.165) is 6.07 Å². The molecule has 108 valence electrons. The van der Waals surface area contributed by atoms with Crippen molar-refractivity contribution in [2.24, 2.45) is 0 Å². The summed E-state index contributed by atoms with van der Waals surface area (Å²) in [4.78, 5) is 0. The molecule has 1 unspecified atom stereocenters. The van der Waals surface area contributed by atoms with Crippen LogP contribution in [0.25, 0.3) is 0 Å². The fourth-order valence-corrected chi connectivity index (χ4v) is 1.71. The molecule has 0 bridgehead atoms. The maximum atomic E-state index is 13.0. The van der Waals surface area contributed by atoms with Crippen LogP contribution >= 0.6 is 0 Å². The molecule has 1 N–H and O–H groups in total. The Labute approximate surface area is 108 Å². The zero-order valence-corrected chi connectivity index (χ0v) is 10.5. The lowest BCUT2D eigenvalue weighted by molar-refractivity contribution is -0.135. The van der Waals surface area contributed by atoms with Crippen LogP contribution in [0.1, 0.15) is 37.8 Å². The fourth-order valence-electron chi connectivity index (χ4n) is 1.71. The standard InChI is InChI=1S/C13H16F5N/c1-9(10-6-11(14)8-12(15)7-10)19-5-3-2-4-13(16,17)18/h6-9,19H,2-5H2,1H3. The molecule has 0 heterocycles. The minimum Gasteiger partial charge on any atom is -0.310 e. The summed E-state index contributed by atoms with van der Waals surface area (Å²) in [6.45, 7) is 2.08. The summed E-state index contributed by atoms with van der Waals surface area (Å²) in [6, 6.07) is 2.88. The second-order valence-electron chi connectivity index (χ2n) is 4.45. The van der Waals surface area contributed by atoms with Crippen molar-refractivity contribution in [2.75, 3.05) is 6.54 Å². The number of nitrogens with one attached hydrogen (secondary N) is 1. The maximum absolute atomic E-state index is 13.0. The predicted molar refractivity (Wildman–Crippen MR) is 62.7 cm³/mol. The van der Waals surface area contributed by atoms with Gasteiger partial charge in [0.05, 0.1) is 0 Å². The summed E-state index contributed by atoms with van der Waals surface area (Å²) >= 11 is 0. The monoisotopic (exact) mass is 281 g/mol. The third kappa shape index (κ3) is 6.52. The molecule has 19 heavy (non-hydrogen) atoms. The van der Waals surface area contributed by atoms with Crippen LogP contribution in [0.15, 0.2) is 18.2 Å². The van der Waals surface area contributed by atoms with Crippen LogP contribution < -0.4 is 5.32 Å². The van der Waals surface area contributed by atoms with E-state index in [0.29, 0.717) is 18.5 Å². The molecule has 1 atom stereocenters. The summed E-state index contributed by atoms with van der Waals surface area (Å²) in [6.07, 6.45) is -4.53. The maximum Gasteiger partial charge on any atom is 0.389 e. The lowest BCUT2D eigenvalue weighted by atomic mass is 10.1. The molecule has 0 aliphatic rings. The van der Waals surface area contributed by atoms with E-state index >= 15 is 0 Å². The Balaban J connectivity index is 2.33. The van der Waals surface area contributed by atoms with E-state index in [2.05, 4.69) is 5.32 Å². The molecule has 1 aromatic carbocycles. The van der Waals surface area contributed by atoms with E-state index in [9.17, 15) is 22.0 Å². The van der Waals surface area contributed by atoms with Gasteiger partial charge in [0.2, 0.25) is 0 Å². The topological polar surface area (TPSA) is 12.0 Å². The SMILES string of the molecule is CC(NCCCCC(F)(F)F)c1cc(F)cc(F)c1. The van der Waals surface area contributed by atoms with Gasteiger partial charge in [-0.05, 0) is 44.0 Å². The highest BCUT2D eigenvalue weighted by Gasteiger charge is 2.25. The highest BCUT2D eigenvalue weighted by atomic mass is 19.4. The van der Waals surface area contributed by atoms with Crippen LogP contribution in [-0.2, 0) is 0 Å². The van der Waals surface area contributed by atoms with Crippen molar-refractivity contribution < 1.29 is 22.0 Å². The van der Waals surface area contributed by atoms with Crippen molar-refractivity contribution in [1.29, 1.82) is 0 Å². The first-order chi connectivity index (χ1) is 8.78. The summed E-state index contributed by atoms with van der Waals surface area (Å²) in [5.74, 6) is -1.33. The smallest absolute Gasteiger partial charge is 0.310 e. The van der Waals surface area contributed by atoms with E-state index in [4.69, 9.17) is 0 Å². The van der Waals surface area contributed by atoms with Gasteiger partial charge in [-0.15, -0.1) is 0 Å². The summed E-state index contributed by atoms with van der Waals surface area (Å²) in [7, 11) is 0. The Hall–Kier alpha value is -1.17. The first kappa shape index (κ1) is 15.9. The highest BCUT2D eigenvalue weighted by molar-refractivity contribution is 5.20. The second kappa shape index (κ2) is 6.84. The van der Waals surface area contributed by atoms with E-state index in [1.807, 2.05) is 0 Å². The Kier molecular flexibility index (Phi) is 5.72. The van der Waals surface area contributed by atoms with Crippen molar-refractivity contribution in [1.82, 2.24) is 5.32 Å². The molecule has 1 nitrogen and oxygen atoms in total. The normalized spacial score (nSPS) is 13.6. The molecule has 0 fully saturated rings. The van der Waals surface area contributed by atoms with Crippen LogP contribution in [0.5, 0.6) is 0 Å². The van der Waals surface area contributed by atoms with Crippen LogP contribution in [0.4, 0.5) is 22.0 Å².